The van der Waals surface area contributed by atoms with E-state index >= 15 is 0 Å². The number of hydrogen-bond acceptors (Lipinski definition) is 5. The molecular weight excluding hydrogens is 332 g/mol. The maximum atomic E-state index is 8.96. The molecule has 0 fully saturated rings. The molecule has 21 heavy (non-hydrogen) atoms. The molecule has 0 saturated heterocycles. The Hall–Kier alpha value is -2.13. The summed E-state index contributed by atoms with van der Waals surface area (Å²) in [6.45, 7) is 4.78. The number of nitrogens with zero attached hydrogens (tertiary/aromatic N) is 3. The molecule has 0 aliphatic carbocycles. The summed E-state index contributed by atoms with van der Waals surface area (Å²) in [5, 5.41) is 12.1. The van der Waals surface area contributed by atoms with Crippen LogP contribution in [-0.2, 0) is 0 Å². The first-order valence-corrected chi connectivity index (χ1v) is 7.38. The van der Waals surface area contributed by atoms with Crippen molar-refractivity contribution in [3.8, 4) is 17.7 Å². The SMILES string of the molecule is CCCNc1ncc(Br)c(Oc2cc(C#N)ccc2C)n1. The van der Waals surface area contributed by atoms with Crippen molar-refractivity contribution in [3.63, 3.8) is 0 Å². The molecule has 6 heteroatoms. The lowest BCUT2D eigenvalue weighted by atomic mass is 10.1. The smallest absolute Gasteiger partial charge is 0.238 e. The Kier molecular flexibility index (Phi) is 5.12. The number of aromatic nitrogens is 2. The molecule has 1 aromatic heterocycles. The normalized spacial score (nSPS) is 10.0. The predicted octanol–water partition coefficient (Wildman–Crippen LogP) is 4.03. The van der Waals surface area contributed by atoms with Gasteiger partial charge < -0.3 is 10.1 Å². The van der Waals surface area contributed by atoms with E-state index in [1.54, 1.807) is 18.3 Å². The van der Waals surface area contributed by atoms with Gasteiger partial charge in [-0.05, 0) is 47.0 Å². The summed E-state index contributed by atoms with van der Waals surface area (Å²) in [4.78, 5) is 8.50. The highest BCUT2D eigenvalue weighted by molar-refractivity contribution is 9.10. The van der Waals surface area contributed by atoms with Crippen molar-refractivity contribution in [1.29, 1.82) is 5.26 Å². The fourth-order valence-electron chi connectivity index (χ4n) is 1.63. The van der Waals surface area contributed by atoms with Crippen molar-refractivity contribution in [3.05, 3.63) is 40.0 Å². The standard InChI is InChI=1S/C15H15BrN4O/c1-3-6-18-15-19-9-12(16)14(20-15)21-13-7-11(8-17)5-4-10(13)2/h4-5,7,9H,3,6H2,1-2H3,(H,18,19,20). The van der Waals surface area contributed by atoms with Gasteiger partial charge in [0.25, 0.3) is 0 Å². The van der Waals surface area contributed by atoms with E-state index in [9.17, 15) is 0 Å². The molecule has 0 radical (unpaired) electrons. The van der Waals surface area contributed by atoms with Crippen molar-refractivity contribution >= 4 is 21.9 Å². The van der Waals surface area contributed by atoms with E-state index in [2.05, 4.69) is 44.2 Å². The number of benzene rings is 1. The summed E-state index contributed by atoms with van der Waals surface area (Å²) in [5.41, 5.74) is 1.48. The maximum absolute atomic E-state index is 8.96. The quantitative estimate of drug-likeness (QED) is 0.884. The minimum atomic E-state index is 0.418. The van der Waals surface area contributed by atoms with Crippen LogP contribution in [0.4, 0.5) is 5.95 Å². The Bertz CT molecular complexity index is 682. The summed E-state index contributed by atoms with van der Waals surface area (Å²) in [6, 6.07) is 7.40. The van der Waals surface area contributed by atoms with Crippen molar-refractivity contribution in [1.82, 2.24) is 9.97 Å². The summed E-state index contributed by atoms with van der Waals surface area (Å²) in [6.07, 6.45) is 2.63. The number of hydrogen-bond donors (Lipinski definition) is 1. The molecule has 0 aliphatic rings. The second kappa shape index (κ2) is 7.04. The third-order valence-electron chi connectivity index (χ3n) is 2.77. The molecule has 0 spiro atoms. The van der Waals surface area contributed by atoms with E-state index in [4.69, 9.17) is 10.00 Å². The lowest BCUT2D eigenvalue weighted by Gasteiger charge is -2.11. The van der Waals surface area contributed by atoms with Crippen LogP contribution in [0, 0.1) is 18.3 Å². The second-order valence-corrected chi connectivity index (χ2v) is 5.32. The number of ether oxygens (including phenoxy) is 1. The van der Waals surface area contributed by atoms with Crippen LogP contribution in [0.1, 0.15) is 24.5 Å². The van der Waals surface area contributed by atoms with E-state index in [1.807, 2.05) is 13.0 Å². The van der Waals surface area contributed by atoms with Gasteiger partial charge in [0.2, 0.25) is 11.8 Å². The minimum Gasteiger partial charge on any atom is -0.437 e. The first-order chi connectivity index (χ1) is 10.1. The van der Waals surface area contributed by atoms with Gasteiger partial charge in [-0.2, -0.15) is 10.2 Å². The second-order valence-electron chi connectivity index (χ2n) is 4.47. The van der Waals surface area contributed by atoms with E-state index in [0.29, 0.717) is 27.6 Å². The van der Waals surface area contributed by atoms with Crippen molar-refractivity contribution < 1.29 is 4.74 Å². The number of anilines is 1. The average molecular weight is 347 g/mol. The minimum absolute atomic E-state index is 0.418. The van der Waals surface area contributed by atoms with Crippen LogP contribution in [0.2, 0.25) is 0 Å². The predicted molar refractivity (Wildman–Crippen MR) is 84.5 cm³/mol. The number of nitriles is 1. The fraction of sp³-hybridized carbons (Fsp3) is 0.267. The fourth-order valence-corrected chi connectivity index (χ4v) is 1.90. The number of rotatable bonds is 5. The lowest BCUT2D eigenvalue weighted by Crippen LogP contribution is -2.05. The summed E-state index contributed by atoms with van der Waals surface area (Å²) < 4.78 is 6.47. The Morgan fingerprint density at radius 1 is 1.43 bits per heavy atom. The molecule has 1 aromatic carbocycles. The van der Waals surface area contributed by atoms with Gasteiger partial charge in [-0.25, -0.2) is 4.98 Å². The van der Waals surface area contributed by atoms with Crippen LogP contribution in [0.3, 0.4) is 0 Å². The van der Waals surface area contributed by atoms with E-state index < -0.39 is 0 Å². The zero-order chi connectivity index (χ0) is 15.2. The van der Waals surface area contributed by atoms with Gasteiger partial charge in [0.15, 0.2) is 0 Å². The molecule has 2 rings (SSSR count). The van der Waals surface area contributed by atoms with E-state index in [0.717, 1.165) is 18.5 Å². The highest BCUT2D eigenvalue weighted by Crippen LogP contribution is 2.30. The molecule has 2 aromatic rings. The molecule has 0 bridgehead atoms. The number of nitrogens with one attached hydrogen (secondary N) is 1. The van der Waals surface area contributed by atoms with E-state index in [1.165, 1.54) is 0 Å². The number of halogens is 1. The van der Waals surface area contributed by atoms with Crippen molar-refractivity contribution in [2.75, 3.05) is 11.9 Å². The highest BCUT2D eigenvalue weighted by atomic mass is 79.9. The van der Waals surface area contributed by atoms with Crippen LogP contribution in [0.5, 0.6) is 11.6 Å². The Morgan fingerprint density at radius 2 is 2.24 bits per heavy atom. The van der Waals surface area contributed by atoms with E-state index in [-0.39, 0.29) is 0 Å². The highest BCUT2D eigenvalue weighted by Gasteiger charge is 2.10. The van der Waals surface area contributed by atoms with Crippen LogP contribution in [0.15, 0.2) is 28.9 Å². The van der Waals surface area contributed by atoms with Gasteiger partial charge in [0, 0.05) is 6.54 Å². The molecule has 0 unspecified atom stereocenters. The third-order valence-corrected chi connectivity index (χ3v) is 3.31. The molecule has 0 saturated carbocycles. The van der Waals surface area contributed by atoms with Crippen molar-refractivity contribution in [2.24, 2.45) is 0 Å². The maximum Gasteiger partial charge on any atom is 0.238 e. The van der Waals surface area contributed by atoms with Crippen LogP contribution >= 0.6 is 15.9 Å². The molecule has 1 N–H and O–H groups in total. The van der Waals surface area contributed by atoms with Gasteiger partial charge in [0.1, 0.15) is 5.75 Å². The van der Waals surface area contributed by atoms with Crippen LogP contribution in [0.25, 0.3) is 0 Å². The van der Waals surface area contributed by atoms with Crippen molar-refractivity contribution in [2.45, 2.75) is 20.3 Å². The molecular formula is C15H15BrN4O. The zero-order valence-corrected chi connectivity index (χ0v) is 13.4. The Morgan fingerprint density at radius 3 is 2.95 bits per heavy atom. The van der Waals surface area contributed by atoms with Gasteiger partial charge in [-0.15, -0.1) is 0 Å². The van der Waals surface area contributed by atoms with Crippen LogP contribution in [-0.4, -0.2) is 16.5 Å². The molecule has 0 amide bonds. The molecule has 108 valence electrons. The first kappa shape index (κ1) is 15.3. The molecule has 5 nitrogen and oxygen atoms in total. The summed E-state index contributed by atoms with van der Waals surface area (Å²) >= 11 is 3.37. The third kappa shape index (κ3) is 3.92. The van der Waals surface area contributed by atoms with Gasteiger partial charge in [0.05, 0.1) is 22.3 Å². The van der Waals surface area contributed by atoms with Gasteiger partial charge >= 0.3 is 0 Å². The molecule has 0 aliphatic heterocycles. The Labute approximate surface area is 132 Å². The van der Waals surface area contributed by atoms with Gasteiger partial charge in [-0.3, -0.25) is 0 Å². The monoisotopic (exact) mass is 346 g/mol. The Balaban J connectivity index is 2.28. The number of aryl methyl sites for hydroxylation is 1. The lowest BCUT2D eigenvalue weighted by molar-refractivity contribution is 0.455. The summed E-state index contributed by atoms with van der Waals surface area (Å²) in [7, 11) is 0. The zero-order valence-electron chi connectivity index (χ0n) is 11.9. The first-order valence-electron chi connectivity index (χ1n) is 6.59. The molecule has 0 atom stereocenters. The molecule has 1 heterocycles. The average Bonchev–Trinajstić information content (AvgIpc) is 2.50. The largest absolute Gasteiger partial charge is 0.437 e. The summed E-state index contributed by atoms with van der Waals surface area (Å²) in [5.74, 6) is 1.54. The topological polar surface area (TPSA) is 70.8 Å². The van der Waals surface area contributed by atoms with Gasteiger partial charge in [-0.1, -0.05) is 13.0 Å². The van der Waals surface area contributed by atoms with Crippen LogP contribution < -0.4 is 10.1 Å².